The molecule has 132 valence electrons. The van der Waals surface area contributed by atoms with Crippen LogP contribution >= 0.6 is 11.5 Å². The topological polar surface area (TPSA) is 136 Å². The number of aromatic nitrogens is 2. The van der Waals surface area contributed by atoms with Gasteiger partial charge in [0.15, 0.2) is 5.69 Å². The van der Waals surface area contributed by atoms with Gasteiger partial charge in [-0.1, -0.05) is 6.92 Å². The molecule has 6 N–H and O–H groups in total. The van der Waals surface area contributed by atoms with Gasteiger partial charge in [0, 0.05) is 5.92 Å². The van der Waals surface area contributed by atoms with E-state index in [4.69, 9.17) is 11.5 Å². The zero-order valence-corrected chi connectivity index (χ0v) is 14.6. The fourth-order valence-corrected chi connectivity index (χ4v) is 3.20. The third-order valence-corrected chi connectivity index (χ3v) is 4.71. The van der Waals surface area contributed by atoms with E-state index < -0.39 is 17.9 Å². The van der Waals surface area contributed by atoms with Gasteiger partial charge in [0.25, 0.3) is 5.91 Å². The van der Waals surface area contributed by atoms with Gasteiger partial charge in [-0.25, -0.2) is 4.98 Å². The number of rotatable bonds is 8. The van der Waals surface area contributed by atoms with Crippen LogP contribution in [0.15, 0.2) is 18.3 Å². The number of anilines is 3. The maximum absolute atomic E-state index is 11.6. The van der Waals surface area contributed by atoms with Crippen LogP contribution in [0.2, 0.25) is 0 Å². The van der Waals surface area contributed by atoms with E-state index in [9.17, 15) is 9.59 Å². The van der Waals surface area contributed by atoms with Gasteiger partial charge in [0.1, 0.15) is 11.0 Å². The third-order valence-electron chi connectivity index (χ3n) is 4.00. The Morgan fingerprint density at radius 1 is 1.36 bits per heavy atom. The molecular formula is C16H20N6O2S. The molecule has 1 atom stereocenters. The van der Waals surface area contributed by atoms with Crippen molar-refractivity contribution in [3.8, 4) is 0 Å². The van der Waals surface area contributed by atoms with Crippen LogP contribution in [0, 0.1) is 0 Å². The highest BCUT2D eigenvalue weighted by Crippen LogP contribution is 2.41. The average molecular weight is 360 g/mol. The first-order valence-corrected chi connectivity index (χ1v) is 8.84. The van der Waals surface area contributed by atoms with E-state index in [2.05, 4.69) is 20.0 Å². The minimum atomic E-state index is -0.636. The Bertz CT molecular complexity index is 802. The highest BCUT2D eigenvalue weighted by Gasteiger charge is 2.26. The molecule has 2 heterocycles. The second kappa shape index (κ2) is 7.06. The molecule has 0 aliphatic heterocycles. The Morgan fingerprint density at radius 3 is 2.72 bits per heavy atom. The van der Waals surface area contributed by atoms with Gasteiger partial charge in [0.05, 0.1) is 23.3 Å². The van der Waals surface area contributed by atoms with E-state index in [1.807, 2.05) is 13.0 Å². The number of pyridine rings is 1. The summed E-state index contributed by atoms with van der Waals surface area (Å²) in [5.74, 6) is -0.537. The summed E-state index contributed by atoms with van der Waals surface area (Å²) < 4.78 is 4.42. The molecule has 2 aromatic rings. The Labute approximate surface area is 149 Å². The third kappa shape index (κ3) is 4.05. The lowest BCUT2D eigenvalue weighted by Gasteiger charge is -2.16. The predicted molar refractivity (Wildman–Crippen MR) is 97.0 cm³/mol. The van der Waals surface area contributed by atoms with Crippen LogP contribution in [0.25, 0.3) is 0 Å². The molecule has 2 aromatic heterocycles. The fourth-order valence-electron chi connectivity index (χ4n) is 2.46. The summed E-state index contributed by atoms with van der Waals surface area (Å²) in [6, 6.07) is 3.15. The summed E-state index contributed by atoms with van der Waals surface area (Å²) in [4.78, 5) is 27.2. The molecule has 1 unspecified atom stereocenters. The van der Waals surface area contributed by atoms with Gasteiger partial charge in [0.2, 0.25) is 5.91 Å². The monoisotopic (exact) mass is 360 g/mol. The molecule has 0 bridgehead atoms. The van der Waals surface area contributed by atoms with Gasteiger partial charge in [-0.05, 0) is 42.9 Å². The summed E-state index contributed by atoms with van der Waals surface area (Å²) in [5, 5.41) is 6.98. The highest BCUT2D eigenvalue weighted by molar-refractivity contribution is 7.10. The van der Waals surface area contributed by atoms with Crippen molar-refractivity contribution in [1.29, 1.82) is 0 Å². The molecule has 25 heavy (non-hydrogen) atoms. The smallest absolute Gasteiger partial charge is 0.269 e. The maximum atomic E-state index is 11.6. The number of hydrogen-bond acceptors (Lipinski definition) is 7. The van der Waals surface area contributed by atoms with Crippen molar-refractivity contribution >= 4 is 39.7 Å². The molecule has 0 spiro atoms. The number of nitrogens with one attached hydrogen (secondary N) is 2. The van der Waals surface area contributed by atoms with E-state index in [0.29, 0.717) is 23.7 Å². The Kier molecular flexibility index (Phi) is 4.84. The van der Waals surface area contributed by atoms with Crippen molar-refractivity contribution in [3.63, 3.8) is 0 Å². The minimum absolute atomic E-state index is 0.124. The molecule has 1 fully saturated rings. The van der Waals surface area contributed by atoms with E-state index in [0.717, 1.165) is 10.7 Å². The number of nitrogens with two attached hydrogens (primary N) is 2. The number of hydrogen-bond donors (Lipinski definition) is 4. The molecule has 1 saturated carbocycles. The first-order chi connectivity index (χ1) is 12.0. The number of carbonyl (C=O) groups is 2. The standard InChI is InChI=1S/C16H20N6O2S/c1-2-10(15(17)23)20-9-5-12(14(16(18)24)19-7-9)21-13-6-11(22-25-13)8-3-4-8/h5-8,10,20-21H,2-4H2,1H3,(H2,17,23)(H2,18,24). The van der Waals surface area contributed by atoms with Gasteiger partial charge < -0.3 is 22.1 Å². The van der Waals surface area contributed by atoms with Crippen LogP contribution in [0.4, 0.5) is 16.4 Å². The lowest BCUT2D eigenvalue weighted by Crippen LogP contribution is -2.34. The van der Waals surface area contributed by atoms with E-state index in [1.54, 1.807) is 6.07 Å². The van der Waals surface area contributed by atoms with Crippen molar-refractivity contribution in [2.45, 2.75) is 38.1 Å². The lowest BCUT2D eigenvalue weighted by atomic mass is 10.2. The zero-order chi connectivity index (χ0) is 18.0. The summed E-state index contributed by atoms with van der Waals surface area (Å²) in [7, 11) is 0. The predicted octanol–water partition coefficient (Wildman–Crippen LogP) is 1.93. The lowest BCUT2D eigenvalue weighted by molar-refractivity contribution is -0.118. The first-order valence-electron chi connectivity index (χ1n) is 8.07. The van der Waals surface area contributed by atoms with Crippen LogP contribution in [0.1, 0.15) is 48.3 Å². The normalized spacial score (nSPS) is 14.8. The molecule has 2 amide bonds. The van der Waals surface area contributed by atoms with Crippen LogP contribution in [0.5, 0.6) is 0 Å². The van der Waals surface area contributed by atoms with Gasteiger partial charge >= 0.3 is 0 Å². The molecule has 0 aromatic carbocycles. The first kappa shape index (κ1) is 17.2. The molecule has 0 saturated heterocycles. The van der Waals surface area contributed by atoms with Crippen molar-refractivity contribution in [3.05, 3.63) is 29.7 Å². The molecule has 1 aliphatic carbocycles. The van der Waals surface area contributed by atoms with Crippen LogP contribution < -0.4 is 22.1 Å². The largest absolute Gasteiger partial charge is 0.372 e. The summed E-state index contributed by atoms with van der Waals surface area (Å²) in [6.45, 7) is 1.85. The van der Waals surface area contributed by atoms with Crippen molar-refractivity contribution in [2.24, 2.45) is 11.5 Å². The Morgan fingerprint density at radius 2 is 2.12 bits per heavy atom. The second-order valence-corrected chi connectivity index (χ2v) is 6.81. The van der Waals surface area contributed by atoms with Gasteiger partial charge in [-0.2, -0.15) is 4.37 Å². The highest BCUT2D eigenvalue weighted by atomic mass is 32.1. The molecule has 0 radical (unpaired) electrons. The van der Waals surface area contributed by atoms with Crippen LogP contribution in [0.3, 0.4) is 0 Å². The number of carbonyl (C=O) groups excluding carboxylic acids is 2. The molecule has 3 rings (SSSR count). The quantitative estimate of drug-likeness (QED) is 0.568. The molecular weight excluding hydrogens is 340 g/mol. The SMILES string of the molecule is CCC(Nc1cnc(C(N)=O)c(Nc2cc(C3CC3)ns2)c1)C(N)=O. The Hall–Kier alpha value is -2.68. The van der Waals surface area contributed by atoms with Crippen molar-refractivity contribution in [2.75, 3.05) is 10.6 Å². The minimum Gasteiger partial charge on any atom is -0.372 e. The molecule has 9 heteroatoms. The number of nitrogens with zero attached hydrogens (tertiary/aromatic N) is 2. The summed E-state index contributed by atoms with van der Waals surface area (Å²) in [6.07, 6.45) is 4.33. The fraction of sp³-hybridized carbons (Fsp3) is 0.375. The number of amides is 2. The molecule has 1 aliphatic rings. The average Bonchev–Trinajstić information content (AvgIpc) is 3.32. The van der Waals surface area contributed by atoms with E-state index >= 15 is 0 Å². The summed E-state index contributed by atoms with van der Waals surface area (Å²) >= 11 is 1.33. The summed E-state index contributed by atoms with van der Waals surface area (Å²) in [5.41, 5.74) is 13.0. The Balaban J connectivity index is 1.84. The van der Waals surface area contributed by atoms with Crippen LogP contribution in [-0.4, -0.2) is 27.2 Å². The van der Waals surface area contributed by atoms with Crippen molar-refractivity contribution < 1.29 is 9.59 Å². The second-order valence-electron chi connectivity index (χ2n) is 6.01. The van der Waals surface area contributed by atoms with Crippen LogP contribution in [-0.2, 0) is 4.79 Å². The number of primary amides is 2. The van der Waals surface area contributed by atoms with E-state index in [1.165, 1.54) is 30.6 Å². The zero-order valence-electron chi connectivity index (χ0n) is 13.8. The maximum Gasteiger partial charge on any atom is 0.269 e. The molecule has 8 nitrogen and oxygen atoms in total. The van der Waals surface area contributed by atoms with Crippen molar-refractivity contribution in [1.82, 2.24) is 9.36 Å². The van der Waals surface area contributed by atoms with Gasteiger partial charge in [-0.15, -0.1) is 0 Å². The van der Waals surface area contributed by atoms with Gasteiger partial charge in [-0.3, -0.25) is 9.59 Å². The van der Waals surface area contributed by atoms with E-state index in [-0.39, 0.29) is 5.69 Å².